The Morgan fingerprint density at radius 1 is 0.929 bits per heavy atom. The van der Waals surface area contributed by atoms with Gasteiger partial charge in [0.15, 0.2) is 0 Å². The van der Waals surface area contributed by atoms with Gasteiger partial charge in [-0.1, -0.05) is 12.1 Å². The van der Waals surface area contributed by atoms with E-state index in [1.807, 2.05) is 0 Å². The summed E-state index contributed by atoms with van der Waals surface area (Å²) in [6.45, 7) is 2.11. The predicted octanol–water partition coefficient (Wildman–Crippen LogP) is 3.66. The summed E-state index contributed by atoms with van der Waals surface area (Å²) in [7, 11) is 0. The summed E-state index contributed by atoms with van der Waals surface area (Å²) >= 11 is 0. The van der Waals surface area contributed by atoms with Crippen LogP contribution in [0.15, 0.2) is 48.5 Å². The Kier molecular flexibility index (Phi) is 6.40. The number of nitrogens with zero attached hydrogens (tertiary/aromatic N) is 1. The van der Waals surface area contributed by atoms with Crippen LogP contribution in [0.5, 0.6) is 0 Å². The van der Waals surface area contributed by atoms with Crippen LogP contribution in [0.3, 0.4) is 0 Å². The van der Waals surface area contributed by atoms with Crippen LogP contribution in [-0.2, 0) is 20.6 Å². The number of anilines is 3. The first-order valence-electron chi connectivity index (χ1n) is 8.20. The minimum Gasteiger partial charge on any atom is -0.326 e. The second kappa shape index (κ2) is 8.55. The van der Waals surface area contributed by atoms with E-state index in [9.17, 15) is 27.6 Å². The average Bonchev–Trinajstić information content (AvgIpc) is 2.59. The van der Waals surface area contributed by atoms with Gasteiger partial charge in [-0.05, 0) is 36.4 Å². The number of carbonyl (C=O) groups is 3. The predicted molar refractivity (Wildman–Crippen MR) is 98.8 cm³/mol. The van der Waals surface area contributed by atoms with Gasteiger partial charge < -0.3 is 15.5 Å². The molecule has 3 amide bonds. The molecule has 0 saturated heterocycles. The zero-order valence-corrected chi connectivity index (χ0v) is 15.1. The number of halogens is 3. The molecule has 9 heteroatoms. The van der Waals surface area contributed by atoms with Gasteiger partial charge in [-0.2, -0.15) is 13.2 Å². The van der Waals surface area contributed by atoms with Crippen LogP contribution in [0.25, 0.3) is 0 Å². The van der Waals surface area contributed by atoms with Gasteiger partial charge in [-0.3, -0.25) is 14.4 Å². The van der Waals surface area contributed by atoms with Crippen LogP contribution < -0.4 is 15.5 Å². The van der Waals surface area contributed by atoms with E-state index in [1.165, 1.54) is 38.1 Å². The van der Waals surface area contributed by atoms with Crippen molar-refractivity contribution in [3.05, 3.63) is 54.1 Å². The molecule has 0 unspecified atom stereocenters. The van der Waals surface area contributed by atoms with E-state index in [0.29, 0.717) is 11.4 Å². The zero-order chi connectivity index (χ0) is 20.9. The summed E-state index contributed by atoms with van der Waals surface area (Å²) in [5.41, 5.74) is -0.494. The molecule has 28 heavy (non-hydrogen) atoms. The fraction of sp³-hybridized carbons (Fsp3) is 0.211. The molecule has 0 aromatic heterocycles. The normalized spacial score (nSPS) is 10.9. The van der Waals surface area contributed by atoms with Crippen molar-refractivity contribution in [2.45, 2.75) is 20.0 Å². The summed E-state index contributed by atoms with van der Waals surface area (Å²) < 4.78 is 39.1. The molecule has 0 aliphatic heterocycles. The Morgan fingerprint density at radius 3 is 2.07 bits per heavy atom. The van der Waals surface area contributed by atoms with E-state index in [4.69, 9.17) is 0 Å². The van der Waals surface area contributed by atoms with Crippen molar-refractivity contribution in [1.29, 1.82) is 0 Å². The highest BCUT2D eigenvalue weighted by Crippen LogP contribution is 2.34. The molecule has 0 saturated carbocycles. The zero-order valence-electron chi connectivity index (χ0n) is 15.1. The molecule has 2 rings (SSSR count). The number of nitrogens with one attached hydrogen (secondary N) is 2. The lowest BCUT2D eigenvalue weighted by Crippen LogP contribution is -2.37. The molecule has 0 atom stereocenters. The van der Waals surface area contributed by atoms with Gasteiger partial charge in [-0.25, -0.2) is 0 Å². The van der Waals surface area contributed by atoms with Crippen LogP contribution in [0.4, 0.5) is 30.2 Å². The van der Waals surface area contributed by atoms with E-state index in [0.717, 1.165) is 17.0 Å². The first kappa shape index (κ1) is 20.9. The number of alkyl halides is 3. The molecule has 0 bridgehead atoms. The maximum atomic E-state index is 13.0. The maximum absolute atomic E-state index is 13.0. The fourth-order valence-electron chi connectivity index (χ4n) is 2.49. The van der Waals surface area contributed by atoms with E-state index < -0.39 is 30.1 Å². The molecular formula is C19H18F3N3O3. The van der Waals surface area contributed by atoms with Crippen molar-refractivity contribution in [1.82, 2.24) is 0 Å². The number of rotatable bonds is 5. The minimum absolute atomic E-state index is 0.265. The minimum atomic E-state index is -4.62. The second-order valence-electron chi connectivity index (χ2n) is 5.92. The number of para-hydroxylation sites is 1. The molecule has 0 heterocycles. The lowest BCUT2D eigenvalue weighted by molar-refractivity contribution is -0.137. The Hall–Kier alpha value is -3.36. The molecule has 2 aromatic carbocycles. The summed E-state index contributed by atoms with van der Waals surface area (Å²) in [5.74, 6) is -1.51. The highest BCUT2D eigenvalue weighted by atomic mass is 19.4. The third-order valence-electron chi connectivity index (χ3n) is 3.69. The highest BCUT2D eigenvalue weighted by Gasteiger charge is 2.33. The van der Waals surface area contributed by atoms with Crippen LogP contribution in [0, 0.1) is 0 Å². The van der Waals surface area contributed by atoms with Crippen LogP contribution in [-0.4, -0.2) is 24.3 Å². The first-order chi connectivity index (χ1) is 13.1. The number of benzene rings is 2. The maximum Gasteiger partial charge on any atom is 0.418 e. The summed E-state index contributed by atoms with van der Waals surface area (Å²) in [5, 5.41) is 4.77. The third-order valence-corrected chi connectivity index (χ3v) is 3.69. The quantitative estimate of drug-likeness (QED) is 0.814. The van der Waals surface area contributed by atoms with Crippen molar-refractivity contribution >= 4 is 34.8 Å². The fourth-order valence-corrected chi connectivity index (χ4v) is 2.49. The summed E-state index contributed by atoms with van der Waals surface area (Å²) in [4.78, 5) is 36.3. The van der Waals surface area contributed by atoms with Crippen molar-refractivity contribution in [3.63, 3.8) is 0 Å². The molecule has 0 aliphatic carbocycles. The van der Waals surface area contributed by atoms with Crippen LogP contribution in [0.2, 0.25) is 0 Å². The van der Waals surface area contributed by atoms with Crippen molar-refractivity contribution < 1.29 is 27.6 Å². The standard InChI is InChI=1S/C19H18F3N3O3/c1-12(26)23-14-7-9-15(10-8-14)25(13(2)27)11-18(28)24-17-6-4-3-5-16(17)19(20,21)22/h3-10H,11H2,1-2H3,(H,23,26)(H,24,28). The van der Waals surface area contributed by atoms with Crippen molar-refractivity contribution in [2.24, 2.45) is 0 Å². The Balaban J connectivity index is 2.16. The Bertz CT molecular complexity index is 880. The van der Waals surface area contributed by atoms with Crippen LogP contribution >= 0.6 is 0 Å². The molecular weight excluding hydrogens is 375 g/mol. The van der Waals surface area contributed by atoms with E-state index in [2.05, 4.69) is 10.6 Å². The first-order valence-corrected chi connectivity index (χ1v) is 8.20. The number of hydrogen-bond acceptors (Lipinski definition) is 3. The van der Waals surface area contributed by atoms with Gasteiger partial charge in [0.1, 0.15) is 6.54 Å². The van der Waals surface area contributed by atoms with Gasteiger partial charge in [0.2, 0.25) is 17.7 Å². The smallest absolute Gasteiger partial charge is 0.326 e. The molecule has 2 N–H and O–H groups in total. The van der Waals surface area contributed by atoms with Crippen molar-refractivity contribution in [3.8, 4) is 0 Å². The Labute approximate surface area is 159 Å². The molecule has 148 valence electrons. The molecule has 0 fully saturated rings. The van der Waals surface area contributed by atoms with E-state index in [-0.39, 0.29) is 11.6 Å². The lowest BCUT2D eigenvalue weighted by atomic mass is 10.1. The van der Waals surface area contributed by atoms with Crippen LogP contribution in [0.1, 0.15) is 19.4 Å². The number of carbonyl (C=O) groups excluding carboxylic acids is 3. The summed E-state index contributed by atoms with van der Waals surface area (Å²) in [6, 6.07) is 10.7. The second-order valence-corrected chi connectivity index (χ2v) is 5.92. The highest BCUT2D eigenvalue weighted by molar-refractivity contribution is 6.02. The van der Waals surface area contributed by atoms with E-state index in [1.54, 1.807) is 12.1 Å². The third kappa shape index (κ3) is 5.57. The molecule has 0 aliphatic rings. The monoisotopic (exact) mass is 393 g/mol. The average molecular weight is 393 g/mol. The topological polar surface area (TPSA) is 78.5 Å². The lowest BCUT2D eigenvalue weighted by Gasteiger charge is -2.21. The SMILES string of the molecule is CC(=O)Nc1ccc(N(CC(=O)Nc2ccccc2C(F)(F)F)C(C)=O)cc1. The van der Waals surface area contributed by atoms with Gasteiger partial charge in [0.25, 0.3) is 0 Å². The molecule has 0 spiro atoms. The van der Waals surface area contributed by atoms with E-state index >= 15 is 0 Å². The molecule has 2 aromatic rings. The van der Waals surface area contributed by atoms with Gasteiger partial charge in [0, 0.05) is 25.2 Å². The van der Waals surface area contributed by atoms with Gasteiger partial charge in [-0.15, -0.1) is 0 Å². The van der Waals surface area contributed by atoms with Crippen molar-refractivity contribution in [2.75, 3.05) is 22.1 Å². The molecule has 0 radical (unpaired) electrons. The largest absolute Gasteiger partial charge is 0.418 e. The number of amides is 3. The summed E-state index contributed by atoms with van der Waals surface area (Å²) in [6.07, 6.45) is -4.62. The number of hydrogen-bond donors (Lipinski definition) is 2. The molecule has 6 nitrogen and oxygen atoms in total. The van der Waals surface area contributed by atoms with Gasteiger partial charge in [0.05, 0.1) is 11.3 Å². The van der Waals surface area contributed by atoms with Gasteiger partial charge >= 0.3 is 6.18 Å². The Morgan fingerprint density at radius 2 is 1.54 bits per heavy atom.